The summed E-state index contributed by atoms with van der Waals surface area (Å²) in [7, 11) is 1.98. The normalized spacial score (nSPS) is 20.5. The second-order valence-electron chi connectivity index (χ2n) is 14.4. The fraction of sp³-hybridized carbons (Fsp3) is 0.311. The number of hydrogen-bond acceptors (Lipinski definition) is 8. The van der Waals surface area contributed by atoms with E-state index >= 15 is 0 Å². The van der Waals surface area contributed by atoms with Gasteiger partial charge in [-0.3, -0.25) is 19.7 Å². The van der Waals surface area contributed by atoms with E-state index in [0.29, 0.717) is 31.6 Å². The average molecular weight is 774 g/mol. The van der Waals surface area contributed by atoms with Crippen molar-refractivity contribution in [3.05, 3.63) is 144 Å². The molecule has 6 N–H and O–H groups in total. The van der Waals surface area contributed by atoms with Crippen molar-refractivity contribution in [1.82, 2.24) is 25.8 Å². The molecule has 0 radical (unpaired) electrons. The van der Waals surface area contributed by atoms with Gasteiger partial charge in [-0.2, -0.15) is 0 Å². The molecule has 1 aliphatic heterocycles. The van der Waals surface area contributed by atoms with Crippen LogP contribution in [0.25, 0.3) is 17.0 Å². The molecule has 1 aromatic heterocycles. The first-order chi connectivity index (χ1) is 27.5. The first-order valence-electron chi connectivity index (χ1n) is 19.2. The number of nitrogens with one attached hydrogen (secondary N) is 4. The Labute approximate surface area is 332 Å². The number of carbonyl (C=O) groups excluding carboxylic acids is 3. The van der Waals surface area contributed by atoms with Gasteiger partial charge in [-0.15, -0.1) is 0 Å². The monoisotopic (exact) mass is 773 g/mol. The maximum Gasteiger partial charge on any atom is 0.241 e. The molecule has 1 fully saturated rings. The van der Waals surface area contributed by atoms with Gasteiger partial charge in [0.15, 0.2) is 0 Å². The van der Waals surface area contributed by atoms with E-state index in [1.807, 2.05) is 103 Å². The predicted octanol–water partition coefficient (Wildman–Crippen LogP) is 3.79. The molecule has 4 aromatic carbocycles. The zero-order valence-electron chi connectivity index (χ0n) is 32.4. The lowest BCUT2D eigenvalue weighted by Gasteiger charge is -2.41. The molecule has 12 heteroatoms. The third-order valence-electron chi connectivity index (χ3n) is 10.1. The molecular weight excluding hydrogens is 723 g/mol. The van der Waals surface area contributed by atoms with E-state index in [2.05, 4.69) is 21.3 Å². The lowest BCUT2D eigenvalue weighted by Crippen LogP contribution is -2.63. The van der Waals surface area contributed by atoms with Gasteiger partial charge in [-0.1, -0.05) is 91.0 Å². The second kappa shape index (κ2) is 19.4. The Bertz CT molecular complexity index is 2120. The maximum absolute atomic E-state index is 14.1. The number of nitrogens with zero attached hydrogens (tertiary/aromatic N) is 1. The number of amides is 3. The van der Waals surface area contributed by atoms with Crippen molar-refractivity contribution in [2.45, 2.75) is 75.8 Å². The largest absolute Gasteiger partial charge is 0.462 e. The van der Waals surface area contributed by atoms with Crippen LogP contribution >= 0.6 is 0 Å². The summed E-state index contributed by atoms with van der Waals surface area (Å²) in [4.78, 5) is 39.4. The van der Waals surface area contributed by atoms with E-state index in [1.165, 1.54) is 6.92 Å². The molecule has 298 valence electrons. The van der Waals surface area contributed by atoms with Gasteiger partial charge in [0.2, 0.25) is 24.0 Å². The first kappa shape index (κ1) is 40.9. The molecule has 1 saturated heterocycles. The molecule has 6 rings (SSSR count). The molecular formula is C45H51N5O7. The fourth-order valence-corrected chi connectivity index (χ4v) is 7.13. The minimum Gasteiger partial charge on any atom is -0.462 e. The highest BCUT2D eigenvalue weighted by Crippen LogP contribution is 2.25. The molecule has 0 spiro atoms. The van der Waals surface area contributed by atoms with Gasteiger partial charge in [0, 0.05) is 43.8 Å². The van der Waals surface area contributed by atoms with Crippen LogP contribution in [0.4, 0.5) is 0 Å². The number of rotatable bonds is 16. The Hall–Kier alpha value is -5.79. The number of carbonyl (C=O) groups is 3. The smallest absolute Gasteiger partial charge is 0.241 e. The summed E-state index contributed by atoms with van der Waals surface area (Å²) in [5.74, 6) is -0.445. The van der Waals surface area contributed by atoms with Crippen molar-refractivity contribution < 1.29 is 34.1 Å². The Morgan fingerprint density at radius 2 is 1.47 bits per heavy atom. The second-order valence-corrected chi connectivity index (χ2v) is 14.4. The average Bonchev–Trinajstić information content (AvgIpc) is 3.53. The van der Waals surface area contributed by atoms with E-state index in [-0.39, 0.29) is 17.7 Å². The maximum atomic E-state index is 14.1. The highest BCUT2D eigenvalue weighted by molar-refractivity contribution is 5.88. The lowest BCUT2D eigenvalue weighted by atomic mass is 9.97. The molecule has 7 atom stereocenters. The lowest BCUT2D eigenvalue weighted by molar-refractivity contribution is -0.242. The van der Waals surface area contributed by atoms with Crippen molar-refractivity contribution in [3.63, 3.8) is 0 Å². The van der Waals surface area contributed by atoms with Gasteiger partial charge in [-0.05, 0) is 72.7 Å². The van der Waals surface area contributed by atoms with Gasteiger partial charge in [0.25, 0.3) is 0 Å². The minimum absolute atomic E-state index is 0.189. The standard InChI is InChI=1S/C45H51N5O7/c1-29-40(48-30(2)51)41(52)42(53)45(56-29)57-35-20-18-32(19-21-35)23-25-47-44(55)38(27-34-28-50(3)39-17-11-10-16-36(34)39)49-37(26-33-14-8-5-9-15-33)43(54)46-24-22-31-12-6-4-7-13-31/h4-21,23,25,28-29,37-38,40-42,45,49,52-53H,22,24,26-27H2,1-3H3,(H,46,54)(H,47,55)(H,48,51). The van der Waals surface area contributed by atoms with E-state index in [4.69, 9.17) is 9.47 Å². The molecule has 5 aromatic rings. The van der Waals surface area contributed by atoms with Gasteiger partial charge in [0.1, 0.15) is 18.0 Å². The van der Waals surface area contributed by atoms with Crippen LogP contribution in [0.15, 0.2) is 122 Å². The van der Waals surface area contributed by atoms with Crippen LogP contribution in [-0.2, 0) is 45.4 Å². The van der Waals surface area contributed by atoms with Crippen LogP contribution in [0.1, 0.15) is 36.1 Å². The minimum atomic E-state index is -1.39. The Morgan fingerprint density at radius 1 is 0.825 bits per heavy atom. The van der Waals surface area contributed by atoms with Gasteiger partial charge in [-0.25, -0.2) is 0 Å². The molecule has 0 bridgehead atoms. The van der Waals surface area contributed by atoms with Crippen molar-refractivity contribution in [2.24, 2.45) is 7.05 Å². The van der Waals surface area contributed by atoms with Gasteiger partial charge >= 0.3 is 0 Å². The summed E-state index contributed by atoms with van der Waals surface area (Å²) in [6.07, 6.45) is 2.31. The van der Waals surface area contributed by atoms with Crippen LogP contribution in [-0.4, -0.2) is 81.8 Å². The number of hydrogen-bond donors (Lipinski definition) is 6. The molecule has 12 nitrogen and oxygen atoms in total. The van der Waals surface area contributed by atoms with E-state index in [0.717, 1.165) is 33.2 Å². The zero-order chi connectivity index (χ0) is 40.3. The molecule has 57 heavy (non-hydrogen) atoms. The van der Waals surface area contributed by atoms with E-state index in [1.54, 1.807) is 43.5 Å². The number of aliphatic hydroxyl groups is 2. The van der Waals surface area contributed by atoms with Crippen LogP contribution < -0.4 is 26.0 Å². The van der Waals surface area contributed by atoms with Gasteiger partial charge < -0.3 is 40.2 Å². The number of ether oxygens (including phenoxy) is 2. The molecule has 3 amide bonds. The number of aromatic nitrogens is 1. The van der Waals surface area contributed by atoms with Crippen LogP contribution in [0.2, 0.25) is 0 Å². The molecule has 2 heterocycles. The number of aliphatic hydroxyl groups excluding tert-OH is 2. The summed E-state index contributed by atoms with van der Waals surface area (Å²) in [5.41, 5.74) is 4.86. The Morgan fingerprint density at radius 3 is 2.18 bits per heavy atom. The van der Waals surface area contributed by atoms with E-state index in [9.17, 15) is 24.6 Å². The number of para-hydroxylation sites is 1. The highest BCUT2D eigenvalue weighted by atomic mass is 16.7. The Balaban J connectivity index is 1.15. The van der Waals surface area contributed by atoms with Crippen LogP contribution in [0.3, 0.4) is 0 Å². The van der Waals surface area contributed by atoms with Crippen molar-refractivity contribution in [3.8, 4) is 5.75 Å². The van der Waals surface area contributed by atoms with E-state index < -0.39 is 42.7 Å². The highest BCUT2D eigenvalue weighted by Gasteiger charge is 2.44. The number of fused-ring (bicyclic) bond motifs is 1. The zero-order valence-corrected chi connectivity index (χ0v) is 32.4. The first-order valence-corrected chi connectivity index (χ1v) is 19.2. The third kappa shape index (κ3) is 11.0. The number of aryl methyl sites for hydroxylation is 1. The molecule has 0 aliphatic carbocycles. The summed E-state index contributed by atoms with van der Waals surface area (Å²) in [6.45, 7) is 3.47. The van der Waals surface area contributed by atoms with Crippen molar-refractivity contribution in [1.29, 1.82) is 0 Å². The Kier molecular flexibility index (Phi) is 13.9. The topological polar surface area (TPSA) is 163 Å². The van der Waals surface area contributed by atoms with Crippen molar-refractivity contribution in [2.75, 3.05) is 6.54 Å². The summed E-state index contributed by atoms with van der Waals surface area (Å²) in [5, 5.41) is 34.3. The molecule has 7 unspecified atom stereocenters. The summed E-state index contributed by atoms with van der Waals surface area (Å²) in [6, 6.07) is 32.4. The molecule has 0 saturated carbocycles. The fourth-order valence-electron chi connectivity index (χ4n) is 7.13. The summed E-state index contributed by atoms with van der Waals surface area (Å²) >= 11 is 0. The predicted molar refractivity (Wildman–Crippen MR) is 219 cm³/mol. The van der Waals surface area contributed by atoms with Crippen molar-refractivity contribution >= 4 is 34.7 Å². The SMILES string of the molecule is CC(=O)NC1C(C)OC(Oc2ccc(C=CNC(=O)C(Cc3cn(C)c4ccccc34)NC(Cc3ccccc3)C(=O)NCCc3ccccc3)cc2)C(O)C1O. The molecule has 1 aliphatic rings. The summed E-state index contributed by atoms with van der Waals surface area (Å²) < 4.78 is 13.7. The third-order valence-corrected chi connectivity index (χ3v) is 10.1. The van der Waals surface area contributed by atoms with Crippen LogP contribution in [0, 0.1) is 0 Å². The number of benzene rings is 4. The van der Waals surface area contributed by atoms with Gasteiger partial charge in [0.05, 0.1) is 24.2 Å². The quantitative estimate of drug-likeness (QED) is 0.0883. The van der Waals surface area contributed by atoms with Crippen LogP contribution in [0.5, 0.6) is 5.75 Å².